The lowest BCUT2D eigenvalue weighted by molar-refractivity contribution is -0.143. The van der Waals surface area contributed by atoms with E-state index in [-0.39, 0.29) is 5.97 Å². The summed E-state index contributed by atoms with van der Waals surface area (Å²) < 4.78 is 4.94. The van der Waals surface area contributed by atoms with Crippen LogP contribution in [-0.4, -0.2) is 37.1 Å². The first-order chi connectivity index (χ1) is 8.43. The van der Waals surface area contributed by atoms with Gasteiger partial charge in [-0.3, -0.25) is 4.79 Å². The number of hydrogen-bond donors (Lipinski definition) is 0. The maximum atomic E-state index is 11.2. The lowest BCUT2D eigenvalue weighted by Gasteiger charge is -2.38. The average molecular weight is 255 g/mol. The van der Waals surface area contributed by atoms with Gasteiger partial charge in [-0.15, -0.1) is 0 Å². The van der Waals surface area contributed by atoms with Crippen molar-refractivity contribution in [3.8, 4) is 0 Å². The highest BCUT2D eigenvalue weighted by molar-refractivity contribution is 5.69. The van der Waals surface area contributed by atoms with Crippen molar-refractivity contribution in [3.05, 3.63) is 0 Å². The van der Waals surface area contributed by atoms with Crippen molar-refractivity contribution in [2.75, 3.05) is 26.2 Å². The Kier molecular flexibility index (Phi) is 6.13. The molecule has 1 rings (SSSR count). The number of nitrogens with zero attached hydrogens (tertiary/aromatic N) is 1. The molecule has 106 valence electrons. The fraction of sp³-hybridized carbons (Fsp3) is 0.933. The number of ether oxygens (including phenoxy) is 1. The van der Waals surface area contributed by atoms with Crippen molar-refractivity contribution in [1.29, 1.82) is 0 Å². The van der Waals surface area contributed by atoms with Crippen LogP contribution in [0.15, 0.2) is 0 Å². The Labute approximate surface area is 112 Å². The molecule has 0 aromatic rings. The van der Waals surface area contributed by atoms with E-state index in [0.717, 1.165) is 18.9 Å². The molecule has 18 heavy (non-hydrogen) atoms. The van der Waals surface area contributed by atoms with Crippen molar-refractivity contribution in [1.82, 2.24) is 4.90 Å². The van der Waals surface area contributed by atoms with Crippen LogP contribution in [0.1, 0.15) is 53.4 Å². The quantitative estimate of drug-likeness (QED) is 0.707. The Morgan fingerprint density at radius 3 is 2.39 bits per heavy atom. The van der Waals surface area contributed by atoms with Crippen molar-refractivity contribution in [3.63, 3.8) is 0 Å². The van der Waals surface area contributed by atoms with Crippen LogP contribution in [0.4, 0.5) is 0 Å². The number of piperidine rings is 1. The van der Waals surface area contributed by atoms with Gasteiger partial charge in [-0.05, 0) is 57.2 Å². The third-order valence-electron chi connectivity index (χ3n) is 3.97. The molecule has 0 N–H and O–H groups in total. The topological polar surface area (TPSA) is 29.5 Å². The third kappa shape index (κ3) is 5.38. The first-order valence-electron chi connectivity index (χ1n) is 7.31. The fourth-order valence-corrected chi connectivity index (χ4v) is 2.70. The van der Waals surface area contributed by atoms with Gasteiger partial charge in [0.25, 0.3) is 0 Å². The summed E-state index contributed by atoms with van der Waals surface area (Å²) in [5.74, 6) is 0.792. The first-order valence-corrected chi connectivity index (χ1v) is 7.31. The van der Waals surface area contributed by atoms with Gasteiger partial charge in [0.15, 0.2) is 0 Å². The molecule has 1 heterocycles. The molecule has 1 fully saturated rings. The second-order valence-electron chi connectivity index (χ2n) is 6.39. The normalized spacial score (nSPS) is 18.9. The lowest BCUT2D eigenvalue weighted by Crippen LogP contribution is -2.38. The molecule has 0 spiro atoms. The van der Waals surface area contributed by atoms with Crippen molar-refractivity contribution >= 4 is 5.97 Å². The Morgan fingerprint density at radius 1 is 1.28 bits per heavy atom. The zero-order valence-corrected chi connectivity index (χ0v) is 12.5. The summed E-state index contributed by atoms with van der Waals surface area (Å²) in [7, 11) is 0. The second-order valence-corrected chi connectivity index (χ2v) is 6.39. The van der Waals surface area contributed by atoms with Crippen molar-refractivity contribution in [2.45, 2.75) is 53.4 Å². The average Bonchev–Trinajstić information content (AvgIpc) is 2.29. The molecule has 3 heteroatoms. The molecule has 1 aliphatic rings. The summed E-state index contributed by atoms with van der Waals surface area (Å²) >= 11 is 0. The molecule has 0 bridgehead atoms. The molecule has 1 aliphatic heterocycles. The van der Waals surface area contributed by atoms with Crippen LogP contribution in [0.2, 0.25) is 0 Å². The van der Waals surface area contributed by atoms with Crippen LogP contribution < -0.4 is 0 Å². The Balaban J connectivity index is 2.14. The van der Waals surface area contributed by atoms with E-state index in [0.29, 0.717) is 18.4 Å². The molecular weight excluding hydrogens is 226 g/mol. The van der Waals surface area contributed by atoms with Gasteiger partial charge in [0.05, 0.1) is 6.61 Å². The molecule has 3 nitrogen and oxygen atoms in total. The van der Waals surface area contributed by atoms with Gasteiger partial charge in [-0.2, -0.15) is 0 Å². The highest BCUT2D eigenvalue weighted by atomic mass is 16.5. The number of hydrogen-bond acceptors (Lipinski definition) is 3. The lowest BCUT2D eigenvalue weighted by atomic mass is 9.75. The van der Waals surface area contributed by atoms with E-state index in [1.165, 1.54) is 25.9 Å². The summed E-state index contributed by atoms with van der Waals surface area (Å²) in [6.07, 6.45) is 4.08. The monoisotopic (exact) mass is 255 g/mol. The smallest absolute Gasteiger partial charge is 0.305 e. The first kappa shape index (κ1) is 15.5. The van der Waals surface area contributed by atoms with Gasteiger partial charge in [0.1, 0.15) is 0 Å². The summed E-state index contributed by atoms with van der Waals surface area (Å²) in [5, 5.41) is 0. The maximum Gasteiger partial charge on any atom is 0.305 e. The van der Waals surface area contributed by atoms with E-state index < -0.39 is 0 Å². The van der Waals surface area contributed by atoms with Crippen LogP contribution >= 0.6 is 0 Å². The highest BCUT2D eigenvalue weighted by Crippen LogP contribution is 2.34. The minimum absolute atomic E-state index is 0.0536. The Bertz CT molecular complexity index is 250. The number of carbonyl (C=O) groups is 1. The molecule has 0 aromatic carbocycles. The summed E-state index contributed by atoms with van der Waals surface area (Å²) in [6.45, 7) is 12.8. The standard InChI is InChI=1S/C15H29NO2/c1-5-18-14(17)7-6-10-16-11-8-13(9-12-16)15(2,3)4/h13H,5-12H2,1-4H3. The molecular formula is C15H29NO2. The number of carbonyl (C=O) groups excluding carboxylic acids is 1. The second kappa shape index (κ2) is 7.13. The predicted molar refractivity (Wildman–Crippen MR) is 74.5 cm³/mol. The minimum atomic E-state index is -0.0536. The van der Waals surface area contributed by atoms with Gasteiger partial charge < -0.3 is 9.64 Å². The fourth-order valence-electron chi connectivity index (χ4n) is 2.70. The SMILES string of the molecule is CCOC(=O)CCCN1CCC(C(C)(C)C)CC1. The largest absolute Gasteiger partial charge is 0.466 e. The van der Waals surface area contributed by atoms with Crippen LogP contribution in [-0.2, 0) is 9.53 Å². The van der Waals surface area contributed by atoms with E-state index in [9.17, 15) is 4.79 Å². The molecule has 0 radical (unpaired) electrons. The van der Waals surface area contributed by atoms with Crippen LogP contribution in [0.25, 0.3) is 0 Å². The Hall–Kier alpha value is -0.570. The number of likely N-dealkylation sites (tertiary alicyclic amines) is 1. The van der Waals surface area contributed by atoms with Gasteiger partial charge in [0, 0.05) is 6.42 Å². The maximum absolute atomic E-state index is 11.2. The summed E-state index contributed by atoms with van der Waals surface area (Å²) in [4.78, 5) is 13.7. The van der Waals surface area contributed by atoms with E-state index in [1.807, 2.05) is 6.92 Å². The molecule has 0 aromatic heterocycles. The van der Waals surface area contributed by atoms with Gasteiger partial charge in [-0.25, -0.2) is 0 Å². The molecule has 0 unspecified atom stereocenters. The summed E-state index contributed by atoms with van der Waals surface area (Å²) in [6, 6.07) is 0. The number of esters is 1. The minimum Gasteiger partial charge on any atom is -0.466 e. The zero-order valence-electron chi connectivity index (χ0n) is 12.5. The van der Waals surface area contributed by atoms with Gasteiger partial charge in [-0.1, -0.05) is 20.8 Å². The number of rotatable bonds is 5. The van der Waals surface area contributed by atoms with Crippen LogP contribution in [0.5, 0.6) is 0 Å². The van der Waals surface area contributed by atoms with Crippen LogP contribution in [0, 0.1) is 11.3 Å². The van der Waals surface area contributed by atoms with Crippen LogP contribution in [0.3, 0.4) is 0 Å². The molecule has 0 atom stereocenters. The van der Waals surface area contributed by atoms with E-state index in [1.54, 1.807) is 0 Å². The zero-order chi connectivity index (χ0) is 13.6. The van der Waals surface area contributed by atoms with E-state index in [4.69, 9.17) is 4.74 Å². The van der Waals surface area contributed by atoms with Crippen molar-refractivity contribution < 1.29 is 9.53 Å². The third-order valence-corrected chi connectivity index (χ3v) is 3.97. The predicted octanol–water partition coefficient (Wildman–Crippen LogP) is 3.09. The molecule has 0 saturated carbocycles. The highest BCUT2D eigenvalue weighted by Gasteiger charge is 2.28. The van der Waals surface area contributed by atoms with Crippen molar-refractivity contribution in [2.24, 2.45) is 11.3 Å². The molecule has 1 saturated heterocycles. The summed E-state index contributed by atoms with van der Waals surface area (Å²) in [5.41, 5.74) is 0.441. The Morgan fingerprint density at radius 2 is 1.89 bits per heavy atom. The molecule has 0 aliphatic carbocycles. The van der Waals surface area contributed by atoms with Gasteiger partial charge >= 0.3 is 5.97 Å². The molecule has 0 amide bonds. The van der Waals surface area contributed by atoms with E-state index in [2.05, 4.69) is 25.7 Å². The van der Waals surface area contributed by atoms with E-state index >= 15 is 0 Å². The van der Waals surface area contributed by atoms with Gasteiger partial charge in [0.2, 0.25) is 0 Å².